The molecule has 1 saturated heterocycles. The molecule has 5 nitrogen and oxygen atoms in total. The van der Waals surface area contributed by atoms with Crippen molar-refractivity contribution in [1.29, 1.82) is 0 Å². The van der Waals surface area contributed by atoms with E-state index >= 15 is 0 Å². The molecule has 1 unspecified atom stereocenters. The van der Waals surface area contributed by atoms with E-state index in [1.165, 1.54) is 12.1 Å². The molecule has 28 heavy (non-hydrogen) atoms. The molecule has 0 spiro atoms. The van der Waals surface area contributed by atoms with Crippen molar-refractivity contribution in [3.8, 4) is 11.5 Å². The van der Waals surface area contributed by atoms with Crippen LogP contribution in [0.2, 0.25) is 0 Å². The molecule has 1 N–H and O–H groups in total. The van der Waals surface area contributed by atoms with Crippen molar-refractivity contribution in [2.75, 3.05) is 33.4 Å². The third-order valence-corrected chi connectivity index (χ3v) is 5.06. The van der Waals surface area contributed by atoms with Crippen molar-refractivity contribution in [2.45, 2.75) is 18.9 Å². The molecule has 0 radical (unpaired) electrons. The van der Waals surface area contributed by atoms with E-state index in [9.17, 15) is 14.3 Å². The van der Waals surface area contributed by atoms with Crippen LogP contribution in [0.3, 0.4) is 0 Å². The molecule has 1 heterocycles. The number of aliphatic hydroxyl groups is 1. The lowest BCUT2D eigenvalue weighted by atomic mass is 9.89. The molecule has 2 aromatic carbocycles. The van der Waals surface area contributed by atoms with Crippen LogP contribution in [0, 0.1) is 11.7 Å². The van der Waals surface area contributed by atoms with Gasteiger partial charge in [-0.15, -0.1) is 0 Å². The molecule has 0 saturated carbocycles. The Balaban J connectivity index is 1.40. The fourth-order valence-corrected chi connectivity index (χ4v) is 3.44. The number of aliphatic hydroxyl groups excluding tert-OH is 1. The summed E-state index contributed by atoms with van der Waals surface area (Å²) in [5.41, 5.74) is 0.563. The second kappa shape index (κ2) is 9.66. The smallest absolute Gasteiger partial charge is 0.166 e. The van der Waals surface area contributed by atoms with E-state index in [0.29, 0.717) is 17.9 Å². The SMILES string of the molecule is COc1ccc(OCC(O)CN2CCC(C(=O)c3ccc(F)cc3)CC2)cc1. The first-order chi connectivity index (χ1) is 13.5. The fourth-order valence-electron chi connectivity index (χ4n) is 3.44. The standard InChI is InChI=1S/C22H26FNO4/c1-27-20-6-8-21(9-7-20)28-15-19(25)14-24-12-10-17(11-13-24)22(26)16-2-4-18(23)5-3-16/h2-9,17,19,25H,10-15H2,1H3. The molecule has 1 atom stereocenters. The van der Waals surface area contributed by atoms with Gasteiger partial charge in [0.15, 0.2) is 5.78 Å². The van der Waals surface area contributed by atoms with Crippen molar-refractivity contribution in [2.24, 2.45) is 5.92 Å². The van der Waals surface area contributed by atoms with Crippen LogP contribution in [0.15, 0.2) is 48.5 Å². The molecule has 150 valence electrons. The van der Waals surface area contributed by atoms with Gasteiger partial charge in [-0.25, -0.2) is 4.39 Å². The number of piperidine rings is 1. The summed E-state index contributed by atoms with van der Waals surface area (Å²) in [6.07, 6.45) is 0.872. The maximum Gasteiger partial charge on any atom is 0.166 e. The number of ether oxygens (including phenoxy) is 2. The first-order valence-corrected chi connectivity index (χ1v) is 9.52. The van der Waals surface area contributed by atoms with Gasteiger partial charge in [0.25, 0.3) is 0 Å². The van der Waals surface area contributed by atoms with Crippen molar-refractivity contribution < 1.29 is 23.8 Å². The number of carbonyl (C=O) groups is 1. The van der Waals surface area contributed by atoms with Gasteiger partial charge in [0.2, 0.25) is 0 Å². The average Bonchev–Trinajstić information content (AvgIpc) is 2.73. The molecule has 6 heteroatoms. The van der Waals surface area contributed by atoms with Crippen LogP contribution in [0.4, 0.5) is 4.39 Å². The summed E-state index contributed by atoms with van der Waals surface area (Å²) < 4.78 is 23.7. The molecule has 0 amide bonds. The maximum atomic E-state index is 13.0. The molecule has 0 bridgehead atoms. The molecule has 3 rings (SSSR count). The van der Waals surface area contributed by atoms with Gasteiger partial charge in [-0.2, -0.15) is 0 Å². The summed E-state index contributed by atoms with van der Waals surface area (Å²) >= 11 is 0. The lowest BCUT2D eigenvalue weighted by molar-refractivity contribution is 0.0524. The zero-order valence-electron chi connectivity index (χ0n) is 16.0. The number of β-amino-alcohol motifs (C(OH)–C–C–N with tert-alkyl or cyclic N) is 1. The summed E-state index contributed by atoms with van der Waals surface area (Å²) in [5, 5.41) is 10.2. The molecular weight excluding hydrogens is 361 g/mol. The normalized spacial score (nSPS) is 16.5. The predicted molar refractivity (Wildman–Crippen MR) is 104 cm³/mol. The summed E-state index contributed by atoms with van der Waals surface area (Å²) in [4.78, 5) is 14.7. The second-order valence-corrected chi connectivity index (χ2v) is 7.09. The number of likely N-dealkylation sites (tertiary alicyclic amines) is 1. The second-order valence-electron chi connectivity index (χ2n) is 7.09. The molecule has 0 aliphatic carbocycles. The third-order valence-electron chi connectivity index (χ3n) is 5.06. The summed E-state index contributed by atoms with van der Waals surface area (Å²) in [6.45, 7) is 2.21. The quantitative estimate of drug-likeness (QED) is 0.705. The summed E-state index contributed by atoms with van der Waals surface area (Å²) in [6, 6.07) is 13.0. The average molecular weight is 387 g/mol. The van der Waals surface area contributed by atoms with Crippen LogP contribution in [0.5, 0.6) is 11.5 Å². The minimum atomic E-state index is -0.605. The first kappa shape index (κ1) is 20.3. The topological polar surface area (TPSA) is 59.0 Å². The minimum Gasteiger partial charge on any atom is -0.497 e. The van der Waals surface area contributed by atoms with E-state index in [1.807, 2.05) is 12.1 Å². The predicted octanol–water partition coefficient (Wildman–Crippen LogP) is 3.17. The summed E-state index contributed by atoms with van der Waals surface area (Å²) in [5.74, 6) is 1.13. The van der Waals surface area contributed by atoms with Crippen LogP contribution in [-0.4, -0.2) is 55.2 Å². The molecule has 2 aromatic rings. The minimum absolute atomic E-state index is 0.0468. The van der Waals surface area contributed by atoms with Gasteiger partial charge in [0, 0.05) is 18.0 Å². The lowest BCUT2D eigenvalue weighted by Gasteiger charge is -2.32. The van der Waals surface area contributed by atoms with Gasteiger partial charge in [-0.1, -0.05) is 0 Å². The Morgan fingerprint density at radius 1 is 1.11 bits per heavy atom. The van der Waals surface area contributed by atoms with E-state index in [-0.39, 0.29) is 24.1 Å². The highest BCUT2D eigenvalue weighted by atomic mass is 19.1. The maximum absolute atomic E-state index is 13.0. The number of benzene rings is 2. The van der Waals surface area contributed by atoms with E-state index < -0.39 is 6.10 Å². The Hall–Kier alpha value is -2.44. The summed E-state index contributed by atoms with van der Waals surface area (Å²) in [7, 11) is 1.61. The number of hydrogen-bond acceptors (Lipinski definition) is 5. The van der Waals surface area contributed by atoms with Crippen LogP contribution in [-0.2, 0) is 0 Å². The number of rotatable bonds is 8. The number of methoxy groups -OCH3 is 1. The lowest BCUT2D eigenvalue weighted by Crippen LogP contribution is -2.42. The first-order valence-electron chi connectivity index (χ1n) is 9.52. The number of Topliss-reactive ketones (excluding diaryl/α,β-unsaturated/α-hetero) is 1. The largest absolute Gasteiger partial charge is 0.497 e. The van der Waals surface area contributed by atoms with Gasteiger partial charge in [-0.05, 0) is 74.5 Å². The zero-order chi connectivity index (χ0) is 19.9. The van der Waals surface area contributed by atoms with Gasteiger partial charge < -0.3 is 19.5 Å². The Morgan fingerprint density at radius 3 is 2.32 bits per heavy atom. The van der Waals surface area contributed by atoms with Gasteiger partial charge in [0.1, 0.15) is 30.0 Å². The van der Waals surface area contributed by atoms with Crippen molar-refractivity contribution >= 4 is 5.78 Å². The Kier molecular flexibility index (Phi) is 7.01. The number of halogens is 1. The Bertz CT molecular complexity index is 755. The third kappa shape index (κ3) is 5.53. The van der Waals surface area contributed by atoms with Crippen molar-refractivity contribution in [3.63, 3.8) is 0 Å². The van der Waals surface area contributed by atoms with E-state index in [0.717, 1.165) is 31.7 Å². The van der Waals surface area contributed by atoms with E-state index in [4.69, 9.17) is 9.47 Å². The number of ketones is 1. The molecule has 1 aliphatic heterocycles. The highest BCUT2D eigenvalue weighted by molar-refractivity contribution is 5.97. The van der Waals surface area contributed by atoms with Gasteiger partial charge in [-0.3, -0.25) is 4.79 Å². The monoisotopic (exact) mass is 387 g/mol. The van der Waals surface area contributed by atoms with Crippen LogP contribution < -0.4 is 9.47 Å². The number of carbonyl (C=O) groups excluding carboxylic acids is 1. The van der Waals surface area contributed by atoms with Crippen LogP contribution >= 0.6 is 0 Å². The number of nitrogens with zero attached hydrogens (tertiary/aromatic N) is 1. The highest BCUT2D eigenvalue weighted by Gasteiger charge is 2.26. The molecule has 0 aromatic heterocycles. The van der Waals surface area contributed by atoms with E-state index in [1.54, 1.807) is 31.4 Å². The number of hydrogen-bond donors (Lipinski definition) is 1. The molecule has 1 fully saturated rings. The van der Waals surface area contributed by atoms with Crippen LogP contribution in [0.1, 0.15) is 23.2 Å². The molecule has 1 aliphatic rings. The fraction of sp³-hybridized carbons (Fsp3) is 0.409. The van der Waals surface area contributed by atoms with Crippen molar-refractivity contribution in [1.82, 2.24) is 4.90 Å². The van der Waals surface area contributed by atoms with Crippen molar-refractivity contribution in [3.05, 3.63) is 59.9 Å². The van der Waals surface area contributed by atoms with Crippen LogP contribution in [0.25, 0.3) is 0 Å². The van der Waals surface area contributed by atoms with Gasteiger partial charge in [0.05, 0.1) is 7.11 Å². The van der Waals surface area contributed by atoms with Gasteiger partial charge >= 0.3 is 0 Å². The Morgan fingerprint density at radius 2 is 1.71 bits per heavy atom. The van der Waals surface area contributed by atoms with E-state index in [2.05, 4.69) is 4.90 Å². The zero-order valence-corrected chi connectivity index (χ0v) is 16.0. The highest BCUT2D eigenvalue weighted by Crippen LogP contribution is 2.22. The Labute approximate surface area is 164 Å². The molecular formula is C22H26FNO4.